The molecule has 1 amide bonds. The number of phenols is 1. The minimum absolute atomic E-state index is 0.0483. The van der Waals surface area contributed by atoms with E-state index in [0.29, 0.717) is 33.4 Å². The number of phenolic OH excluding ortho intramolecular Hbond substituents is 1. The Morgan fingerprint density at radius 3 is 2.58 bits per heavy atom. The number of hydrogen-bond donors (Lipinski definition) is 1. The number of rotatable bonds is 8. The Kier molecular flexibility index (Phi) is 6.99. The molecule has 0 saturated heterocycles. The average Bonchev–Trinajstić information content (AvgIpc) is 3.02. The Labute approximate surface area is 159 Å². The molecule has 26 heavy (non-hydrogen) atoms. The van der Waals surface area contributed by atoms with Crippen molar-refractivity contribution in [1.29, 1.82) is 0 Å². The summed E-state index contributed by atoms with van der Waals surface area (Å²) in [7, 11) is 3.36. The normalized spacial score (nSPS) is 11.0. The molecular weight excluding hydrogens is 350 g/mol. The molecule has 0 unspecified atom stereocenters. The molecule has 0 saturated carbocycles. The van der Waals surface area contributed by atoms with Crippen molar-refractivity contribution in [3.63, 3.8) is 0 Å². The maximum Gasteiger partial charge on any atom is 0.265 e. The van der Waals surface area contributed by atoms with Gasteiger partial charge in [0.15, 0.2) is 0 Å². The van der Waals surface area contributed by atoms with Gasteiger partial charge in [0.25, 0.3) is 5.91 Å². The van der Waals surface area contributed by atoms with Crippen LogP contribution in [0.2, 0.25) is 0 Å². The molecule has 1 N–H and O–H groups in total. The van der Waals surface area contributed by atoms with Crippen molar-refractivity contribution >= 4 is 17.2 Å². The summed E-state index contributed by atoms with van der Waals surface area (Å²) >= 11 is 1.28. The quantitative estimate of drug-likeness (QED) is 0.765. The SMILES string of the molecule is CCN(CC)CCN(C)C(=O)c1sc(-c2c(O)cccc2OC)nc1C. The Morgan fingerprint density at radius 1 is 1.27 bits per heavy atom. The van der Waals surface area contributed by atoms with Crippen LogP contribution in [0.25, 0.3) is 10.6 Å². The van der Waals surface area contributed by atoms with Gasteiger partial charge in [-0.05, 0) is 32.1 Å². The molecule has 6 nitrogen and oxygen atoms in total. The largest absolute Gasteiger partial charge is 0.507 e. The number of ether oxygens (including phenoxy) is 1. The summed E-state index contributed by atoms with van der Waals surface area (Å²) in [5.41, 5.74) is 1.18. The first kappa shape index (κ1) is 20.2. The minimum atomic E-state index is -0.0483. The molecule has 1 heterocycles. The molecule has 2 aromatic rings. The number of likely N-dealkylation sites (N-methyl/N-ethyl adjacent to an activating group) is 2. The van der Waals surface area contributed by atoms with Gasteiger partial charge in [0.2, 0.25) is 0 Å². The molecule has 2 rings (SSSR count). The van der Waals surface area contributed by atoms with Crippen LogP contribution in [0.15, 0.2) is 18.2 Å². The van der Waals surface area contributed by atoms with Crippen molar-refractivity contribution in [3.8, 4) is 22.1 Å². The van der Waals surface area contributed by atoms with E-state index in [1.165, 1.54) is 11.3 Å². The van der Waals surface area contributed by atoms with E-state index in [1.807, 2.05) is 14.0 Å². The van der Waals surface area contributed by atoms with Gasteiger partial charge < -0.3 is 19.6 Å². The van der Waals surface area contributed by atoms with Crippen LogP contribution in [0.4, 0.5) is 0 Å². The van der Waals surface area contributed by atoms with E-state index in [0.717, 1.165) is 19.6 Å². The Morgan fingerprint density at radius 2 is 1.96 bits per heavy atom. The number of aryl methyl sites for hydroxylation is 1. The van der Waals surface area contributed by atoms with Crippen LogP contribution in [-0.4, -0.2) is 66.1 Å². The van der Waals surface area contributed by atoms with Gasteiger partial charge in [0.05, 0.1) is 18.4 Å². The van der Waals surface area contributed by atoms with Gasteiger partial charge in [0.1, 0.15) is 21.4 Å². The predicted molar refractivity (Wildman–Crippen MR) is 105 cm³/mol. The third-order valence-corrected chi connectivity index (χ3v) is 5.58. The molecule has 7 heteroatoms. The lowest BCUT2D eigenvalue weighted by atomic mass is 10.2. The summed E-state index contributed by atoms with van der Waals surface area (Å²) < 4.78 is 5.33. The summed E-state index contributed by atoms with van der Waals surface area (Å²) in [6.07, 6.45) is 0. The van der Waals surface area contributed by atoms with Gasteiger partial charge in [-0.1, -0.05) is 19.9 Å². The Balaban J connectivity index is 2.24. The monoisotopic (exact) mass is 377 g/mol. The van der Waals surface area contributed by atoms with E-state index < -0.39 is 0 Å². The maximum atomic E-state index is 12.8. The summed E-state index contributed by atoms with van der Waals surface area (Å²) in [6.45, 7) is 9.48. The van der Waals surface area contributed by atoms with Crippen molar-refractivity contribution in [2.45, 2.75) is 20.8 Å². The topological polar surface area (TPSA) is 65.9 Å². The van der Waals surface area contributed by atoms with Gasteiger partial charge in [0, 0.05) is 20.1 Å². The summed E-state index contributed by atoms with van der Waals surface area (Å²) in [5, 5.41) is 10.8. The zero-order valence-electron chi connectivity index (χ0n) is 16.1. The second-order valence-electron chi connectivity index (χ2n) is 6.04. The van der Waals surface area contributed by atoms with Crippen LogP contribution in [0, 0.1) is 6.92 Å². The molecule has 0 aliphatic heterocycles. The van der Waals surface area contributed by atoms with Crippen LogP contribution in [0.1, 0.15) is 29.2 Å². The minimum Gasteiger partial charge on any atom is -0.507 e. The van der Waals surface area contributed by atoms with Crippen LogP contribution in [0.5, 0.6) is 11.5 Å². The van der Waals surface area contributed by atoms with E-state index in [4.69, 9.17) is 4.74 Å². The highest BCUT2D eigenvalue weighted by molar-refractivity contribution is 7.17. The molecule has 0 fully saturated rings. The number of aromatic nitrogens is 1. The highest BCUT2D eigenvalue weighted by Crippen LogP contribution is 2.40. The van der Waals surface area contributed by atoms with Crippen molar-refractivity contribution in [3.05, 3.63) is 28.8 Å². The van der Waals surface area contributed by atoms with E-state index in [9.17, 15) is 9.90 Å². The lowest BCUT2D eigenvalue weighted by Crippen LogP contribution is -2.36. The number of amides is 1. The molecule has 0 spiro atoms. The summed E-state index contributed by atoms with van der Waals surface area (Å²) in [6, 6.07) is 5.07. The van der Waals surface area contributed by atoms with Gasteiger partial charge in [-0.25, -0.2) is 4.98 Å². The second kappa shape index (κ2) is 9.00. The standard InChI is InChI=1S/C19H27N3O3S/c1-6-22(7-2)12-11-21(4)19(24)17-13(3)20-18(26-17)16-14(23)9-8-10-15(16)25-5/h8-10,23H,6-7,11-12H2,1-5H3. The van der Waals surface area contributed by atoms with Crippen molar-refractivity contribution in [2.24, 2.45) is 0 Å². The van der Waals surface area contributed by atoms with Crippen molar-refractivity contribution in [1.82, 2.24) is 14.8 Å². The molecular formula is C19H27N3O3S. The highest BCUT2D eigenvalue weighted by atomic mass is 32.1. The highest BCUT2D eigenvalue weighted by Gasteiger charge is 2.22. The average molecular weight is 378 g/mol. The van der Waals surface area contributed by atoms with Gasteiger partial charge in [-0.3, -0.25) is 4.79 Å². The number of carbonyl (C=O) groups excluding carboxylic acids is 1. The lowest BCUT2D eigenvalue weighted by molar-refractivity contribution is 0.0783. The predicted octanol–water partition coefficient (Wildman–Crippen LogP) is 3.25. The molecule has 0 bridgehead atoms. The molecule has 0 radical (unpaired) electrons. The van der Waals surface area contributed by atoms with Crippen molar-refractivity contribution in [2.75, 3.05) is 40.3 Å². The molecule has 0 aliphatic carbocycles. The smallest absolute Gasteiger partial charge is 0.265 e. The molecule has 0 atom stereocenters. The summed E-state index contributed by atoms with van der Waals surface area (Å²) in [5.74, 6) is 0.576. The zero-order valence-corrected chi connectivity index (χ0v) is 16.9. The lowest BCUT2D eigenvalue weighted by Gasteiger charge is -2.22. The number of methoxy groups -OCH3 is 1. The van der Waals surface area contributed by atoms with E-state index in [2.05, 4.69) is 23.7 Å². The number of aromatic hydroxyl groups is 1. The third-order valence-electron chi connectivity index (χ3n) is 4.42. The fourth-order valence-electron chi connectivity index (χ4n) is 2.71. The van der Waals surface area contributed by atoms with Crippen LogP contribution >= 0.6 is 11.3 Å². The number of hydrogen-bond acceptors (Lipinski definition) is 6. The fraction of sp³-hybridized carbons (Fsp3) is 0.474. The number of thiazole rings is 1. The van der Waals surface area contributed by atoms with Crippen LogP contribution < -0.4 is 4.74 Å². The van der Waals surface area contributed by atoms with E-state index in [-0.39, 0.29) is 11.7 Å². The zero-order chi connectivity index (χ0) is 19.3. The molecule has 0 aliphatic rings. The molecule has 1 aromatic carbocycles. The van der Waals surface area contributed by atoms with Crippen LogP contribution in [-0.2, 0) is 0 Å². The maximum absolute atomic E-state index is 12.8. The number of benzene rings is 1. The van der Waals surface area contributed by atoms with Gasteiger partial charge >= 0.3 is 0 Å². The van der Waals surface area contributed by atoms with E-state index in [1.54, 1.807) is 30.2 Å². The summed E-state index contributed by atoms with van der Waals surface area (Å²) in [4.78, 5) is 21.9. The van der Waals surface area contributed by atoms with Gasteiger partial charge in [-0.2, -0.15) is 0 Å². The number of carbonyl (C=O) groups is 1. The first-order chi connectivity index (χ1) is 12.4. The second-order valence-corrected chi connectivity index (χ2v) is 7.04. The Bertz CT molecular complexity index is 756. The fourth-order valence-corrected chi connectivity index (χ4v) is 3.83. The molecule has 142 valence electrons. The number of nitrogens with zero attached hydrogens (tertiary/aromatic N) is 3. The van der Waals surface area contributed by atoms with Crippen molar-refractivity contribution < 1.29 is 14.6 Å². The first-order valence-electron chi connectivity index (χ1n) is 8.74. The third kappa shape index (κ3) is 4.34. The van der Waals surface area contributed by atoms with Crippen LogP contribution in [0.3, 0.4) is 0 Å². The van der Waals surface area contributed by atoms with E-state index >= 15 is 0 Å². The Hall–Kier alpha value is -2.12. The van der Waals surface area contributed by atoms with Gasteiger partial charge in [-0.15, -0.1) is 11.3 Å². The first-order valence-corrected chi connectivity index (χ1v) is 9.56. The molecule has 1 aromatic heterocycles.